The van der Waals surface area contributed by atoms with Crippen molar-refractivity contribution in [3.8, 4) is 0 Å². The Morgan fingerprint density at radius 2 is 1.79 bits per heavy atom. The largest absolute Gasteiger partial charge is 0.443 e. The third kappa shape index (κ3) is 6.58. The molecule has 0 aliphatic heterocycles. The molecular weight excluding hydrogens is 369 g/mol. The van der Waals surface area contributed by atoms with Crippen LogP contribution in [0.2, 0.25) is 0 Å². The first-order valence-corrected chi connectivity index (χ1v) is 9.23. The molecule has 0 fully saturated rings. The molecule has 0 radical (unpaired) electrons. The Bertz CT molecular complexity index is 774. The Kier molecular flexibility index (Phi) is 7.10. The van der Waals surface area contributed by atoms with Crippen LogP contribution in [0.3, 0.4) is 0 Å². The summed E-state index contributed by atoms with van der Waals surface area (Å²) >= 11 is 0. The molecule has 0 spiro atoms. The minimum atomic E-state index is -4.31. The smallest absolute Gasteiger partial charge is 0.416 e. The van der Waals surface area contributed by atoms with Gasteiger partial charge in [0.25, 0.3) is 0 Å². The molecule has 0 bridgehead atoms. The summed E-state index contributed by atoms with van der Waals surface area (Å²) in [6, 6.07) is 5.19. The molecule has 2 rings (SSSR count). The predicted octanol–water partition coefficient (Wildman–Crippen LogP) is 4.29. The van der Waals surface area contributed by atoms with Crippen LogP contribution in [0.5, 0.6) is 0 Å². The van der Waals surface area contributed by atoms with E-state index in [1.165, 1.54) is 12.1 Å². The van der Waals surface area contributed by atoms with Crippen LogP contribution in [0.1, 0.15) is 50.5 Å². The summed E-state index contributed by atoms with van der Waals surface area (Å²) < 4.78 is 43.5. The number of aromatic nitrogens is 1. The zero-order valence-electron chi connectivity index (χ0n) is 16.7. The maximum atomic E-state index is 12.6. The normalized spacial score (nSPS) is 12.9. The Balaban J connectivity index is 1.90. The number of alkyl halides is 3. The van der Waals surface area contributed by atoms with E-state index in [9.17, 15) is 13.2 Å². The molecule has 2 N–H and O–H groups in total. The molecule has 28 heavy (non-hydrogen) atoms. The number of benzene rings is 1. The van der Waals surface area contributed by atoms with Crippen molar-refractivity contribution in [2.75, 3.05) is 13.1 Å². The summed E-state index contributed by atoms with van der Waals surface area (Å²) in [7, 11) is 0. The first-order chi connectivity index (χ1) is 13.1. The van der Waals surface area contributed by atoms with Crippen LogP contribution in [-0.4, -0.2) is 24.0 Å². The van der Waals surface area contributed by atoms with Crippen molar-refractivity contribution in [2.24, 2.45) is 4.99 Å². The Labute approximate surface area is 163 Å². The van der Waals surface area contributed by atoms with Gasteiger partial charge in [0.05, 0.1) is 11.8 Å². The molecule has 0 unspecified atom stereocenters. The lowest BCUT2D eigenvalue weighted by atomic mass is 9.94. The third-order valence-electron chi connectivity index (χ3n) is 4.00. The molecule has 1 aromatic carbocycles. The lowest BCUT2D eigenvalue weighted by molar-refractivity contribution is -0.137. The molecular formula is C20H27F3N4O. The first kappa shape index (κ1) is 21.8. The fraction of sp³-hybridized carbons (Fsp3) is 0.500. The van der Waals surface area contributed by atoms with Crippen molar-refractivity contribution in [3.63, 3.8) is 0 Å². The maximum absolute atomic E-state index is 12.6. The number of aliphatic imine (C=N–C) groups is 1. The van der Waals surface area contributed by atoms with Gasteiger partial charge in [0.1, 0.15) is 12.3 Å². The van der Waals surface area contributed by atoms with Gasteiger partial charge in [-0.25, -0.2) is 9.98 Å². The van der Waals surface area contributed by atoms with Crippen molar-refractivity contribution in [2.45, 2.75) is 52.3 Å². The second-order valence-electron chi connectivity index (χ2n) is 7.43. The SMILES string of the molecule is CCNC(=NCc1ncc(C(C)(C)C)o1)NCCc1ccc(C(F)(F)F)cc1. The summed E-state index contributed by atoms with van der Waals surface area (Å²) in [6.45, 7) is 9.62. The molecule has 0 saturated carbocycles. The fourth-order valence-corrected chi connectivity index (χ4v) is 2.40. The number of rotatable bonds is 6. The van der Waals surface area contributed by atoms with Crippen molar-refractivity contribution >= 4 is 5.96 Å². The number of guanidine groups is 1. The highest BCUT2D eigenvalue weighted by molar-refractivity contribution is 5.79. The van der Waals surface area contributed by atoms with Crippen molar-refractivity contribution in [1.82, 2.24) is 15.6 Å². The number of hydrogen-bond acceptors (Lipinski definition) is 3. The van der Waals surface area contributed by atoms with Gasteiger partial charge in [-0.1, -0.05) is 32.9 Å². The fourth-order valence-electron chi connectivity index (χ4n) is 2.40. The molecule has 0 aliphatic carbocycles. The van der Waals surface area contributed by atoms with Gasteiger partial charge in [-0.3, -0.25) is 0 Å². The van der Waals surface area contributed by atoms with Crippen LogP contribution >= 0.6 is 0 Å². The number of nitrogens with one attached hydrogen (secondary N) is 2. The summed E-state index contributed by atoms with van der Waals surface area (Å²) in [5.74, 6) is 1.94. The highest BCUT2D eigenvalue weighted by atomic mass is 19.4. The zero-order chi connectivity index (χ0) is 20.8. The van der Waals surface area contributed by atoms with E-state index >= 15 is 0 Å². The van der Waals surface area contributed by atoms with Crippen LogP contribution in [0.4, 0.5) is 13.2 Å². The lowest BCUT2D eigenvalue weighted by Gasteiger charge is -2.13. The van der Waals surface area contributed by atoms with Crippen LogP contribution in [-0.2, 0) is 24.6 Å². The van der Waals surface area contributed by atoms with E-state index in [-0.39, 0.29) is 5.41 Å². The summed E-state index contributed by atoms with van der Waals surface area (Å²) in [6.07, 6.45) is -2.01. The number of nitrogens with zero attached hydrogens (tertiary/aromatic N) is 2. The number of halogens is 3. The average Bonchev–Trinajstić information content (AvgIpc) is 3.09. The Morgan fingerprint density at radius 1 is 1.11 bits per heavy atom. The van der Waals surface area contributed by atoms with Gasteiger partial charge in [-0.2, -0.15) is 13.2 Å². The van der Waals surface area contributed by atoms with Gasteiger partial charge in [0.15, 0.2) is 5.96 Å². The van der Waals surface area contributed by atoms with Gasteiger partial charge in [0, 0.05) is 18.5 Å². The quantitative estimate of drug-likeness (QED) is 0.565. The topological polar surface area (TPSA) is 62.5 Å². The Hall–Kier alpha value is -2.51. The summed E-state index contributed by atoms with van der Waals surface area (Å²) in [5.41, 5.74) is 0.0675. The van der Waals surface area contributed by atoms with Crippen molar-refractivity contribution < 1.29 is 17.6 Å². The highest BCUT2D eigenvalue weighted by Crippen LogP contribution is 2.29. The number of hydrogen-bond donors (Lipinski definition) is 2. The molecule has 5 nitrogen and oxygen atoms in total. The monoisotopic (exact) mass is 396 g/mol. The van der Waals surface area contributed by atoms with Gasteiger partial charge in [-0.15, -0.1) is 0 Å². The molecule has 1 aromatic heterocycles. The summed E-state index contributed by atoms with van der Waals surface area (Å²) in [4.78, 5) is 8.70. The second kappa shape index (κ2) is 9.12. The average molecular weight is 396 g/mol. The van der Waals surface area contributed by atoms with E-state index in [2.05, 4.69) is 20.6 Å². The van der Waals surface area contributed by atoms with Crippen molar-refractivity contribution in [3.05, 3.63) is 53.2 Å². The predicted molar refractivity (Wildman–Crippen MR) is 103 cm³/mol. The molecule has 0 amide bonds. The third-order valence-corrected chi connectivity index (χ3v) is 4.00. The van der Waals surface area contributed by atoms with E-state index in [1.807, 2.05) is 27.7 Å². The molecule has 8 heteroatoms. The molecule has 2 aromatic rings. The Morgan fingerprint density at radius 3 is 2.32 bits per heavy atom. The van der Waals surface area contributed by atoms with Crippen molar-refractivity contribution in [1.29, 1.82) is 0 Å². The van der Waals surface area contributed by atoms with E-state index in [0.29, 0.717) is 37.9 Å². The van der Waals surface area contributed by atoms with E-state index in [1.54, 1.807) is 6.20 Å². The van der Waals surface area contributed by atoms with Crippen LogP contribution in [0.15, 0.2) is 39.9 Å². The van der Waals surface area contributed by atoms with E-state index < -0.39 is 11.7 Å². The minimum Gasteiger partial charge on any atom is -0.443 e. The molecule has 1 heterocycles. The van der Waals surface area contributed by atoms with E-state index in [0.717, 1.165) is 23.5 Å². The van der Waals surface area contributed by atoms with E-state index in [4.69, 9.17) is 4.42 Å². The molecule has 0 saturated heterocycles. The minimum absolute atomic E-state index is 0.112. The first-order valence-electron chi connectivity index (χ1n) is 9.23. The molecule has 0 atom stereocenters. The summed E-state index contributed by atoms with van der Waals surface area (Å²) in [5, 5.41) is 6.29. The van der Waals surface area contributed by atoms with Crippen LogP contribution in [0.25, 0.3) is 0 Å². The zero-order valence-corrected chi connectivity index (χ0v) is 16.7. The standard InChI is InChI=1S/C20H27F3N4O/c1-5-24-18(27-13-17-26-12-16(28-17)19(2,3)4)25-11-10-14-6-8-15(9-7-14)20(21,22)23/h6-9,12H,5,10-11,13H2,1-4H3,(H2,24,25,27). The highest BCUT2D eigenvalue weighted by Gasteiger charge is 2.29. The second-order valence-corrected chi connectivity index (χ2v) is 7.43. The lowest BCUT2D eigenvalue weighted by Crippen LogP contribution is -2.38. The van der Waals surface area contributed by atoms with Gasteiger partial charge < -0.3 is 15.1 Å². The van der Waals surface area contributed by atoms with Crippen LogP contribution < -0.4 is 10.6 Å². The van der Waals surface area contributed by atoms with Gasteiger partial charge >= 0.3 is 6.18 Å². The maximum Gasteiger partial charge on any atom is 0.416 e. The number of oxazole rings is 1. The molecule has 154 valence electrons. The van der Waals surface area contributed by atoms with Gasteiger partial charge in [0.2, 0.25) is 5.89 Å². The molecule has 0 aliphatic rings. The van der Waals surface area contributed by atoms with Crippen LogP contribution in [0, 0.1) is 0 Å². The van der Waals surface area contributed by atoms with Gasteiger partial charge in [-0.05, 0) is 31.0 Å².